The summed E-state index contributed by atoms with van der Waals surface area (Å²) in [5.41, 5.74) is 4.44. The second-order valence-corrected chi connectivity index (χ2v) is 5.18. The topological polar surface area (TPSA) is 20.2 Å². The Balaban J connectivity index is 2.19. The number of phenols is 1. The predicted molar refractivity (Wildman–Crippen MR) is 81.5 cm³/mol. The van der Waals surface area contributed by atoms with Crippen molar-refractivity contribution in [2.45, 2.75) is 39.5 Å². The van der Waals surface area contributed by atoms with Gasteiger partial charge < -0.3 is 5.11 Å². The Hall–Kier alpha value is -1.76. The van der Waals surface area contributed by atoms with Crippen LogP contribution in [0.3, 0.4) is 0 Å². The molecule has 0 aliphatic rings. The van der Waals surface area contributed by atoms with E-state index in [-0.39, 0.29) is 0 Å². The molecule has 0 spiro atoms. The van der Waals surface area contributed by atoms with Crippen molar-refractivity contribution in [2.24, 2.45) is 0 Å². The minimum atomic E-state index is 0.389. The molecule has 0 atom stereocenters. The van der Waals surface area contributed by atoms with Gasteiger partial charge >= 0.3 is 0 Å². The fraction of sp³-hybridized carbons (Fsp3) is 0.333. The van der Waals surface area contributed by atoms with Crippen LogP contribution in [-0.4, -0.2) is 5.11 Å². The summed E-state index contributed by atoms with van der Waals surface area (Å²) in [6.45, 7) is 4.28. The van der Waals surface area contributed by atoms with Crippen molar-refractivity contribution in [3.8, 4) is 16.9 Å². The Morgan fingerprint density at radius 1 is 1.00 bits per heavy atom. The molecule has 2 aromatic carbocycles. The molecule has 1 heteroatoms. The van der Waals surface area contributed by atoms with Gasteiger partial charge in [-0.1, -0.05) is 61.7 Å². The predicted octanol–water partition coefficient (Wildman–Crippen LogP) is 5.10. The minimum absolute atomic E-state index is 0.389. The zero-order valence-electron chi connectivity index (χ0n) is 11.8. The molecule has 0 fully saturated rings. The molecule has 0 heterocycles. The first-order chi connectivity index (χ1) is 9.20. The maximum atomic E-state index is 10.2. The van der Waals surface area contributed by atoms with Gasteiger partial charge in [0.25, 0.3) is 0 Å². The van der Waals surface area contributed by atoms with E-state index < -0.39 is 0 Å². The van der Waals surface area contributed by atoms with Crippen molar-refractivity contribution in [1.29, 1.82) is 0 Å². The van der Waals surface area contributed by atoms with Gasteiger partial charge in [-0.15, -0.1) is 0 Å². The third-order valence-corrected chi connectivity index (χ3v) is 3.46. The number of aromatic hydroxyl groups is 1. The van der Waals surface area contributed by atoms with E-state index in [1.165, 1.54) is 30.4 Å². The SMILES string of the molecule is CCCCCc1ccc(-c2cccc(C)c2)c(O)c1. The summed E-state index contributed by atoms with van der Waals surface area (Å²) in [7, 11) is 0. The van der Waals surface area contributed by atoms with Gasteiger partial charge in [-0.25, -0.2) is 0 Å². The van der Waals surface area contributed by atoms with Crippen molar-refractivity contribution in [3.63, 3.8) is 0 Å². The second kappa shape index (κ2) is 6.42. The molecule has 1 N–H and O–H groups in total. The molecule has 0 bridgehead atoms. The molecule has 0 saturated carbocycles. The summed E-state index contributed by atoms with van der Waals surface area (Å²) >= 11 is 0. The fourth-order valence-corrected chi connectivity index (χ4v) is 2.37. The van der Waals surface area contributed by atoms with Gasteiger partial charge in [-0.2, -0.15) is 0 Å². The summed E-state index contributed by atoms with van der Waals surface area (Å²) in [6, 6.07) is 14.3. The smallest absolute Gasteiger partial charge is 0.123 e. The number of rotatable bonds is 5. The van der Waals surface area contributed by atoms with Gasteiger partial charge in [0, 0.05) is 5.56 Å². The van der Waals surface area contributed by atoms with Gasteiger partial charge in [-0.05, 0) is 37.0 Å². The number of benzene rings is 2. The minimum Gasteiger partial charge on any atom is -0.507 e. The fourth-order valence-electron chi connectivity index (χ4n) is 2.37. The van der Waals surface area contributed by atoms with Crippen LogP contribution in [0.5, 0.6) is 5.75 Å². The van der Waals surface area contributed by atoms with Crippen molar-refractivity contribution >= 4 is 0 Å². The van der Waals surface area contributed by atoms with Crippen LogP contribution in [0, 0.1) is 6.92 Å². The molecule has 0 aromatic heterocycles. The van der Waals surface area contributed by atoms with E-state index in [0.717, 1.165) is 17.5 Å². The molecule has 0 unspecified atom stereocenters. The Bertz CT molecular complexity index is 543. The first-order valence-corrected chi connectivity index (χ1v) is 7.09. The highest BCUT2D eigenvalue weighted by molar-refractivity contribution is 5.71. The normalized spacial score (nSPS) is 10.6. The maximum Gasteiger partial charge on any atom is 0.123 e. The summed E-state index contributed by atoms with van der Waals surface area (Å²) in [4.78, 5) is 0. The molecular formula is C18H22O. The highest BCUT2D eigenvalue weighted by Gasteiger charge is 2.05. The number of hydrogen-bond acceptors (Lipinski definition) is 1. The van der Waals surface area contributed by atoms with Crippen molar-refractivity contribution in [1.82, 2.24) is 0 Å². The number of aryl methyl sites for hydroxylation is 2. The number of hydrogen-bond donors (Lipinski definition) is 1. The van der Waals surface area contributed by atoms with Gasteiger partial charge in [0.2, 0.25) is 0 Å². The Morgan fingerprint density at radius 3 is 2.53 bits per heavy atom. The van der Waals surface area contributed by atoms with Crippen LogP contribution in [0.25, 0.3) is 11.1 Å². The molecule has 2 aromatic rings. The molecule has 0 aliphatic heterocycles. The van der Waals surface area contributed by atoms with E-state index in [4.69, 9.17) is 0 Å². The van der Waals surface area contributed by atoms with E-state index in [1.807, 2.05) is 24.3 Å². The molecule has 2 rings (SSSR count). The molecule has 0 saturated heterocycles. The molecule has 0 aliphatic carbocycles. The average molecular weight is 254 g/mol. The van der Waals surface area contributed by atoms with Gasteiger partial charge in [-0.3, -0.25) is 0 Å². The first kappa shape index (κ1) is 13.7. The van der Waals surface area contributed by atoms with Crippen LogP contribution in [-0.2, 0) is 6.42 Å². The van der Waals surface area contributed by atoms with Crippen LogP contribution in [0.4, 0.5) is 0 Å². The van der Waals surface area contributed by atoms with Crippen LogP contribution in [0.1, 0.15) is 37.3 Å². The van der Waals surface area contributed by atoms with E-state index in [1.54, 1.807) is 0 Å². The molecule has 1 nitrogen and oxygen atoms in total. The van der Waals surface area contributed by atoms with Gasteiger partial charge in [0.1, 0.15) is 5.75 Å². The summed E-state index contributed by atoms with van der Waals surface area (Å²) in [5.74, 6) is 0.389. The van der Waals surface area contributed by atoms with Crippen LogP contribution < -0.4 is 0 Å². The van der Waals surface area contributed by atoms with Crippen molar-refractivity contribution < 1.29 is 5.11 Å². The summed E-state index contributed by atoms with van der Waals surface area (Å²) < 4.78 is 0. The Labute approximate surface area is 115 Å². The zero-order chi connectivity index (χ0) is 13.7. The zero-order valence-corrected chi connectivity index (χ0v) is 11.8. The standard InChI is InChI=1S/C18H22O/c1-3-4-5-8-15-10-11-17(18(19)13-15)16-9-6-7-14(2)12-16/h6-7,9-13,19H,3-5,8H2,1-2H3. The number of phenolic OH excluding ortho intramolecular Hbond substituents is 1. The van der Waals surface area contributed by atoms with E-state index in [0.29, 0.717) is 5.75 Å². The molecule has 0 amide bonds. The summed E-state index contributed by atoms with van der Waals surface area (Å²) in [6.07, 6.45) is 4.73. The van der Waals surface area contributed by atoms with Crippen LogP contribution in [0.2, 0.25) is 0 Å². The lowest BCUT2D eigenvalue weighted by Crippen LogP contribution is -1.87. The Kier molecular flexibility index (Phi) is 4.62. The first-order valence-electron chi connectivity index (χ1n) is 7.09. The lowest BCUT2D eigenvalue weighted by molar-refractivity contribution is 0.476. The number of unbranched alkanes of at least 4 members (excludes halogenated alkanes) is 2. The van der Waals surface area contributed by atoms with E-state index in [9.17, 15) is 5.11 Å². The molecular weight excluding hydrogens is 232 g/mol. The lowest BCUT2D eigenvalue weighted by Gasteiger charge is -2.08. The van der Waals surface area contributed by atoms with E-state index >= 15 is 0 Å². The molecule has 100 valence electrons. The highest BCUT2D eigenvalue weighted by atomic mass is 16.3. The van der Waals surface area contributed by atoms with Crippen molar-refractivity contribution in [2.75, 3.05) is 0 Å². The average Bonchev–Trinajstić information content (AvgIpc) is 2.39. The van der Waals surface area contributed by atoms with E-state index in [2.05, 4.69) is 32.0 Å². The summed E-state index contributed by atoms with van der Waals surface area (Å²) in [5, 5.41) is 10.2. The lowest BCUT2D eigenvalue weighted by atomic mass is 9.99. The largest absolute Gasteiger partial charge is 0.507 e. The highest BCUT2D eigenvalue weighted by Crippen LogP contribution is 2.30. The van der Waals surface area contributed by atoms with Crippen molar-refractivity contribution in [3.05, 3.63) is 53.6 Å². The molecule has 0 radical (unpaired) electrons. The third kappa shape index (κ3) is 3.60. The van der Waals surface area contributed by atoms with Gasteiger partial charge in [0.15, 0.2) is 0 Å². The maximum absolute atomic E-state index is 10.2. The van der Waals surface area contributed by atoms with Crippen LogP contribution in [0.15, 0.2) is 42.5 Å². The third-order valence-electron chi connectivity index (χ3n) is 3.46. The van der Waals surface area contributed by atoms with Crippen LogP contribution >= 0.6 is 0 Å². The monoisotopic (exact) mass is 254 g/mol. The van der Waals surface area contributed by atoms with Gasteiger partial charge in [0.05, 0.1) is 0 Å². The molecule has 19 heavy (non-hydrogen) atoms. The quantitative estimate of drug-likeness (QED) is 0.736. The second-order valence-electron chi connectivity index (χ2n) is 5.18. The Morgan fingerprint density at radius 2 is 1.84 bits per heavy atom.